The molecule has 1 aliphatic heterocycles. The van der Waals surface area contributed by atoms with Gasteiger partial charge in [-0.15, -0.1) is 11.8 Å². The van der Waals surface area contributed by atoms with E-state index in [1.165, 1.54) is 21.3 Å². The number of carbonyl (C=O) groups excluding carboxylic acids is 2. The summed E-state index contributed by atoms with van der Waals surface area (Å²) in [5.74, 6) is 1.81. The Kier molecular flexibility index (Phi) is 8.05. The van der Waals surface area contributed by atoms with Crippen molar-refractivity contribution >= 4 is 23.6 Å². The number of amides is 2. The Morgan fingerprint density at radius 1 is 1.15 bits per heavy atom. The standard InChI is InChI=1S/C18H26N2O6S/c1-23-7-5-6-19-17(21)13-10-27-11-20(13)18(22)12-8-14(24-2)16(26-4)15(9-12)25-3/h8-9,13H,5-7,10-11H2,1-4H3,(H,19,21). The van der Waals surface area contributed by atoms with Crippen LogP contribution in [0.15, 0.2) is 12.1 Å². The van der Waals surface area contributed by atoms with Crippen LogP contribution in [0, 0.1) is 0 Å². The maximum atomic E-state index is 13.0. The number of benzene rings is 1. The van der Waals surface area contributed by atoms with Gasteiger partial charge in [0, 0.05) is 31.6 Å². The molecule has 1 N–H and O–H groups in total. The first-order valence-corrected chi connectivity index (χ1v) is 9.68. The van der Waals surface area contributed by atoms with E-state index in [0.29, 0.717) is 47.6 Å². The van der Waals surface area contributed by atoms with Crippen molar-refractivity contribution in [3.8, 4) is 17.2 Å². The monoisotopic (exact) mass is 398 g/mol. The predicted molar refractivity (Wildman–Crippen MR) is 103 cm³/mol. The molecule has 1 aliphatic rings. The lowest BCUT2D eigenvalue weighted by atomic mass is 10.1. The number of rotatable bonds is 9. The number of nitrogens with zero attached hydrogens (tertiary/aromatic N) is 1. The molecule has 9 heteroatoms. The van der Waals surface area contributed by atoms with Gasteiger partial charge in [-0.3, -0.25) is 9.59 Å². The van der Waals surface area contributed by atoms with E-state index in [2.05, 4.69) is 5.32 Å². The number of methoxy groups -OCH3 is 4. The van der Waals surface area contributed by atoms with Gasteiger partial charge in [-0.25, -0.2) is 0 Å². The van der Waals surface area contributed by atoms with Gasteiger partial charge < -0.3 is 29.2 Å². The van der Waals surface area contributed by atoms with Gasteiger partial charge in [0.15, 0.2) is 11.5 Å². The van der Waals surface area contributed by atoms with Crippen molar-refractivity contribution in [1.29, 1.82) is 0 Å². The topological polar surface area (TPSA) is 86.3 Å². The summed E-state index contributed by atoms with van der Waals surface area (Å²) in [6, 6.07) is 2.68. The minimum atomic E-state index is -0.510. The number of nitrogens with one attached hydrogen (secondary N) is 1. The van der Waals surface area contributed by atoms with Crippen LogP contribution in [-0.4, -0.2) is 76.0 Å². The molecule has 2 rings (SSSR count). The number of hydrogen-bond acceptors (Lipinski definition) is 7. The first-order chi connectivity index (χ1) is 13.1. The second-order valence-corrected chi connectivity index (χ2v) is 6.84. The van der Waals surface area contributed by atoms with Gasteiger partial charge in [0.05, 0.1) is 27.2 Å². The van der Waals surface area contributed by atoms with Crippen LogP contribution in [0.1, 0.15) is 16.8 Å². The highest BCUT2D eigenvalue weighted by atomic mass is 32.2. The molecule has 0 spiro atoms. The maximum Gasteiger partial charge on any atom is 0.255 e. The molecule has 1 saturated heterocycles. The average Bonchev–Trinajstić information content (AvgIpc) is 3.19. The third-order valence-corrected chi connectivity index (χ3v) is 5.19. The summed E-state index contributed by atoms with van der Waals surface area (Å²) in [7, 11) is 6.11. The van der Waals surface area contributed by atoms with E-state index in [1.54, 1.807) is 35.9 Å². The largest absolute Gasteiger partial charge is 0.493 e. The van der Waals surface area contributed by atoms with E-state index in [1.807, 2.05) is 0 Å². The fraction of sp³-hybridized carbons (Fsp3) is 0.556. The van der Waals surface area contributed by atoms with Gasteiger partial charge in [-0.2, -0.15) is 0 Å². The highest BCUT2D eigenvalue weighted by Gasteiger charge is 2.35. The van der Waals surface area contributed by atoms with Crippen LogP contribution in [0.3, 0.4) is 0 Å². The molecule has 1 fully saturated rings. The van der Waals surface area contributed by atoms with Crippen molar-refractivity contribution in [2.45, 2.75) is 12.5 Å². The van der Waals surface area contributed by atoms with Crippen LogP contribution in [-0.2, 0) is 9.53 Å². The van der Waals surface area contributed by atoms with Crippen molar-refractivity contribution in [3.05, 3.63) is 17.7 Å². The molecule has 0 bridgehead atoms. The zero-order valence-electron chi connectivity index (χ0n) is 16.1. The second-order valence-electron chi connectivity index (χ2n) is 5.84. The molecule has 0 radical (unpaired) electrons. The van der Waals surface area contributed by atoms with Crippen LogP contribution in [0.2, 0.25) is 0 Å². The molecule has 2 amide bonds. The fourth-order valence-electron chi connectivity index (χ4n) is 2.78. The van der Waals surface area contributed by atoms with Gasteiger partial charge in [0.1, 0.15) is 6.04 Å². The molecule has 0 saturated carbocycles. The van der Waals surface area contributed by atoms with Crippen LogP contribution in [0.4, 0.5) is 0 Å². The molecule has 1 unspecified atom stereocenters. The molecule has 1 atom stereocenters. The van der Waals surface area contributed by atoms with Crippen molar-refractivity contribution in [2.24, 2.45) is 0 Å². The van der Waals surface area contributed by atoms with Crippen molar-refractivity contribution in [3.63, 3.8) is 0 Å². The molecular formula is C18H26N2O6S. The van der Waals surface area contributed by atoms with Crippen molar-refractivity contribution in [1.82, 2.24) is 10.2 Å². The lowest BCUT2D eigenvalue weighted by molar-refractivity contribution is -0.124. The quantitative estimate of drug-likeness (QED) is 0.629. The second kappa shape index (κ2) is 10.3. The summed E-state index contributed by atoms with van der Waals surface area (Å²) in [6.45, 7) is 1.09. The Hall–Kier alpha value is -2.13. The highest BCUT2D eigenvalue weighted by molar-refractivity contribution is 7.99. The molecular weight excluding hydrogens is 372 g/mol. The Morgan fingerprint density at radius 3 is 2.37 bits per heavy atom. The third-order valence-electron chi connectivity index (χ3n) is 4.18. The van der Waals surface area contributed by atoms with E-state index in [0.717, 1.165) is 6.42 Å². The van der Waals surface area contributed by atoms with Gasteiger partial charge in [0.25, 0.3) is 5.91 Å². The molecule has 150 valence electrons. The zero-order valence-corrected chi connectivity index (χ0v) is 16.9. The van der Waals surface area contributed by atoms with Gasteiger partial charge in [-0.05, 0) is 18.6 Å². The number of thioether (sulfide) groups is 1. The number of carbonyl (C=O) groups is 2. The van der Waals surface area contributed by atoms with E-state index < -0.39 is 6.04 Å². The Balaban J connectivity index is 2.17. The maximum absolute atomic E-state index is 13.0. The third kappa shape index (κ3) is 4.98. The molecule has 1 aromatic rings. The normalized spacial score (nSPS) is 16.1. The summed E-state index contributed by atoms with van der Waals surface area (Å²) in [4.78, 5) is 27.1. The lowest BCUT2D eigenvalue weighted by Crippen LogP contribution is -2.47. The van der Waals surface area contributed by atoms with E-state index in [4.69, 9.17) is 18.9 Å². The highest BCUT2D eigenvalue weighted by Crippen LogP contribution is 2.39. The summed E-state index contributed by atoms with van der Waals surface area (Å²) >= 11 is 1.55. The first-order valence-electron chi connectivity index (χ1n) is 8.52. The van der Waals surface area contributed by atoms with Gasteiger partial charge >= 0.3 is 0 Å². The molecule has 8 nitrogen and oxygen atoms in total. The SMILES string of the molecule is COCCCNC(=O)C1CSCN1C(=O)c1cc(OC)c(OC)c(OC)c1. The minimum Gasteiger partial charge on any atom is -0.493 e. The molecule has 0 aliphatic carbocycles. The molecule has 1 heterocycles. The van der Waals surface area contributed by atoms with E-state index in [9.17, 15) is 9.59 Å². The lowest BCUT2D eigenvalue weighted by Gasteiger charge is -2.24. The molecule has 1 aromatic carbocycles. The first kappa shape index (κ1) is 21.2. The van der Waals surface area contributed by atoms with Crippen molar-refractivity contribution < 1.29 is 28.5 Å². The van der Waals surface area contributed by atoms with Crippen LogP contribution in [0.5, 0.6) is 17.2 Å². The zero-order chi connectivity index (χ0) is 19.8. The summed E-state index contributed by atoms with van der Waals surface area (Å²) in [5, 5.41) is 2.86. The molecule has 27 heavy (non-hydrogen) atoms. The van der Waals surface area contributed by atoms with E-state index in [-0.39, 0.29) is 11.8 Å². The summed E-state index contributed by atoms with van der Waals surface area (Å²) < 4.78 is 20.9. The Bertz CT molecular complexity index is 644. The predicted octanol–water partition coefficient (Wildman–Crippen LogP) is 1.38. The Morgan fingerprint density at radius 2 is 1.81 bits per heavy atom. The number of hydrogen-bond donors (Lipinski definition) is 1. The van der Waals surface area contributed by atoms with Crippen LogP contribution in [0.25, 0.3) is 0 Å². The minimum absolute atomic E-state index is 0.156. The Labute approximate surface area is 163 Å². The van der Waals surface area contributed by atoms with Gasteiger partial charge in [0.2, 0.25) is 11.7 Å². The summed E-state index contributed by atoms with van der Waals surface area (Å²) in [6.07, 6.45) is 0.725. The van der Waals surface area contributed by atoms with E-state index >= 15 is 0 Å². The summed E-state index contributed by atoms with van der Waals surface area (Å²) in [5.41, 5.74) is 0.379. The number of ether oxygens (including phenoxy) is 4. The smallest absolute Gasteiger partial charge is 0.255 e. The molecule has 0 aromatic heterocycles. The fourth-order valence-corrected chi connectivity index (χ4v) is 3.93. The van der Waals surface area contributed by atoms with Gasteiger partial charge in [-0.1, -0.05) is 0 Å². The average molecular weight is 398 g/mol. The van der Waals surface area contributed by atoms with Crippen LogP contribution >= 0.6 is 11.8 Å². The van der Waals surface area contributed by atoms with Crippen molar-refractivity contribution in [2.75, 3.05) is 53.2 Å². The van der Waals surface area contributed by atoms with Crippen LogP contribution < -0.4 is 19.5 Å².